The van der Waals surface area contributed by atoms with Gasteiger partial charge in [-0.2, -0.15) is 0 Å². The molecule has 3 aromatic rings. The standard InChI is InChI=1S/C24H30N4O3S/c1-15-11-16(2)23(22(12-15)31-4)19-9-8-18-21(27-32(5,29)30)13-20(26-24(18)25-19)17-7-6-10-28(3)14-17/h8-9,11-13,17H,6-7,10,14H2,1-5H3,(H,25,26,27). The predicted octanol–water partition coefficient (Wildman–Crippen LogP) is 4.10. The lowest BCUT2D eigenvalue weighted by atomic mass is 9.94. The molecule has 0 aliphatic carbocycles. The first-order chi connectivity index (χ1) is 15.1. The lowest BCUT2D eigenvalue weighted by Gasteiger charge is -2.29. The second-order valence-electron chi connectivity index (χ2n) is 8.80. The molecule has 2 aromatic heterocycles. The van der Waals surface area contributed by atoms with Crippen molar-refractivity contribution in [1.82, 2.24) is 14.9 Å². The van der Waals surface area contributed by atoms with E-state index in [2.05, 4.69) is 22.7 Å². The minimum Gasteiger partial charge on any atom is -0.496 e. The average Bonchev–Trinajstić information content (AvgIpc) is 2.71. The number of hydrogen-bond acceptors (Lipinski definition) is 6. The van der Waals surface area contributed by atoms with Crippen LogP contribution in [-0.2, 0) is 10.0 Å². The van der Waals surface area contributed by atoms with Crippen molar-refractivity contribution >= 4 is 26.7 Å². The van der Waals surface area contributed by atoms with Crippen LogP contribution in [0.4, 0.5) is 5.69 Å². The van der Waals surface area contributed by atoms with Crippen LogP contribution in [0.3, 0.4) is 0 Å². The van der Waals surface area contributed by atoms with Gasteiger partial charge in [0, 0.05) is 29.1 Å². The number of methoxy groups -OCH3 is 1. The fourth-order valence-corrected chi connectivity index (χ4v) is 5.15. The Kier molecular flexibility index (Phi) is 6.09. The topological polar surface area (TPSA) is 84.4 Å². The molecule has 1 aliphatic rings. The number of hydrogen-bond donors (Lipinski definition) is 1. The second kappa shape index (κ2) is 8.67. The Hall–Kier alpha value is -2.71. The number of anilines is 1. The molecule has 1 atom stereocenters. The number of likely N-dealkylation sites (N-methyl/N-ethyl adjacent to an activating group) is 1. The molecule has 0 bridgehead atoms. The number of nitrogens with zero attached hydrogens (tertiary/aromatic N) is 3. The summed E-state index contributed by atoms with van der Waals surface area (Å²) in [6, 6.07) is 9.74. The number of likely N-dealkylation sites (tertiary alicyclic amines) is 1. The van der Waals surface area contributed by atoms with Gasteiger partial charge in [-0.3, -0.25) is 4.72 Å². The average molecular weight is 455 g/mol. The van der Waals surface area contributed by atoms with Crippen LogP contribution in [0.15, 0.2) is 30.3 Å². The number of piperidine rings is 1. The van der Waals surface area contributed by atoms with Gasteiger partial charge in [-0.25, -0.2) is 18.4 Å². The lowest BCUT2D eigenvalue weighted by molar-refractivity contribution is 0.248. The Labute approximate surface area is 189 Å². The molecule has 4 rings (SSSR count). The first-order valence-corrected chi connectivity index (χ1v) is 12.7. The van der Waals surface area contributed by atoms with Gasteiger partial charge < -0.3 is 9.64 Å². The van der Waals surface area contributed by atoms with Gasteiger partial charge in [0.25, 0.3) is 0 Å². The molecule has 170 valence electrons. The Balaban J connectivity index is 1.90. The minimum atomic E-state index is -3.45. The highest BCUT2D eigenvalue weighted by atomic mass is 32.2. The molecule has 1 aliphatic heterocycles. The zero-order chi connectivity index (χ0) is 23.0. The zero-order valence-corrected chi connectivity index (χ0v) is 20.1. The van der Waals surface area contributed by atoms with Gasteiger partial charge in [-0.15, -0.1) is 0 Å². The van der Waals surface area contributed by atoms with Gasteiger partial charge in [-0.05, 0) is 75.7 Å². The molecule has 7 nitrogen and oxygen atoms in total. The van der Waals surface area contributed by atoms with E-state index in [0.29, 0.717) is 16.7 Å². The molecule has 1 saturated heterocycles. The van der Waals surface area contributed by atoms with E-state index in [1.807, 2.05) is 38.1 Å². The number of benzene rings is 1. The lowest BCUT2D eigenvalue weighted by Crippen LogP contribution is -2.31. The number of nitrogens with one attached hydrogen (secondary N) is 1. The maximum absolute atomic E-state index is 12.1. The molecule has 1 aromatic carbocycles. The molecular formula is C24H30N4O3S. The zero-order valence-electron chi connectivity index (χ0n) is 19.3. The van der Waals surface area contributed by atoms with Crippen LogP contribution in [-0.4, -0.2) is 56.8 Å². The SMILES string of the molecule is COc1cc(C)cc(C)c1-c1ccc2c(NS(C)(=O)=O)cc(C3CCCN(C)C3)nc2n1. The summed E-state index contributed by atoms with van der Waals surface area (Å²) in [6.07, 6.45) is 3.27. The number of ether oxygens (including phenoxy) is 1. The largest absolute Gasteiger partial charge is 0.496 e. The summed E-state index contributed by atoms with van der Waals surface area (Å²) in [4.78, 5) is 12.1. The van der Waals surface area contributed by atoms with Crippen LogP contribution in [0, 0.1) is 13.8 Å². The maximum Gasteiger partial charge on any atom is 0.229 e. The fraction of sp³-hybridized carbons (Fsp3) is 0.417. The van der Waals surface area contributed by atoms with E-state index in [4.69, 9.17) is 14.7 Å². The van der Waals surface area contributed by atoms with Crippen molar-refractivity contribution in [3.63, 3.8) is 0 Å². The summed E-state index contributed by atoms with van der Waals surface area (Å²) >= 11 is 0. The first-order valence-electron chi connectivity index (χ1n) is 10.8. The van der Waals surface area contributed by atoms with E-state index in [-0.39, 0.29) is 5.92 Å². The number of aryl methyl sites for hydroxylation is 2. The van der Waals surface area contributed by atoms with Crippen molar-refractivity contribution in [3.8, 4) is 17.0 Å². The predicted molar refractivity (Wildman–Crippen MR) is 129 cm³/mol. The molecule has 1 unspecified atom stereocenters. The van der Waals surface area contributed by atoms with E-state index in [1.165, 1.54) is 0 Å². The number of aromatic nitrogens is 2. The van der Waals surface area contributed by atoms with E-state index < -0.39 is 10.0 Å². The van der Waals surface area contributed by atoms with Crippen LogP contribution in [0.1, 0.15) is 35.6 Å². The molecule has 1 N–H and O–H groups in total. The molecule has 8 heteroatoms. The van der Waals surface area contributed by atoms with Gasteiger partial charge in [0.05, 0.1) is 24.7 Å². The van der Waals surface area contributed by atoms with Crippen molar-refractivity contribution in [2.24, 2.45) is 0 Å². The van der Waals surface area contributed by atoms with Crippen LogP contribution in [0.5, 0.6) is 5.75 Å². The highest BCUT2D eigenvalue weighted by Gasteiger charge is 2.23. The summed E-state index contributed by atoms with van der Waals surface area (Å²) in [5.74, 6) is 0.994. The Morgan fingerprint density at radius 2 is 1.94 bits per heavy atom. The summed E-state index contributed by atoms with van der Waals surface area (Å²) < 4.78 is 32.4. The van der Waals surface area contributed by atoms with Crippen molar-refractivity contribution in [2.45, 2.75) is 32.6 Å². The summed E-state index contributed by atoms with van der Waals surface area (Å²) in [6.45, 7) is 6.02. The second-order valence-corrected chi connectivity index (χ2v) is 10.5. The quantitative estimate of drug-likeness (QED) is 0.625. The third-order valence-electron chi connectivity index (χ3n) is 5.95. The molecule has 0 amide bonds. The smallest absolute Gasteiger partial charge is 0.229 e. The third kappa shape index (κ3) is 4.71. The molecule has 0 spiro atoms. The Morgan fingerprint density at radius 3 is 2.62 bits per heavy atom. The maximum atomic E-state index is 12.1. The minimum absolute atomic E-state index is 0.236. The molecule has 1 fully saturated rings. The van der Waals surface area contributed by atoms with Crippen molar-refractivity contribution in [3.05, 3.63) is 47.2 Å². The van der Waals surface area contributed by atoms with E-state index in [9.17, 15) is 8.42 Å². The number of fused-ring (bicyclic) bond motifs is 1. The normalized spacial score (nSPS) is 17.5. The van der Waals surface area contributed by atoms with Crippen LogP contribution >= 0.6 is 0 Å². The molecular weight excluding hydrogens is 424 g/mol. The van der Waals surface area contributed by atoms with Crippen LogP contribution in [0.25, 0.3) is 22.3 Å². The van der Waals surface area contributed by atoms with Gasteiger partial charge >= 0.3 is 0 Å². The highest BCUT2D eigenvalue weighted by Crippen LogP contribution is 2.36. The number of pyridine rings is 2. The number of rotatable bonds is 5. The summed E-state index contributed by atoms with van der Waals surface area (Å²) in [5, 5.41) is 0.677. The van der Waals surface area contributed by atoms with Crippen molar-refractivity contribution in [1.29, 1.82) is 0 Å². The Morgan fingerprint density at radius 1 is 1.16 bits per heavy atom. The molecule has 32 heavy (non-hydrogen) atoms. The molecule has 0 saturated carbocycles. The monoisotopic (exact) mass is 454 g/mol. The number of sulfonamides is 1. The van der Waals surface area contributed by atoms with E-state index in [1.54, 1.807) is 7.11 Å². The fourth-order valence-electron chi connectivity index (χ4n) is 4.58. The highest BCUT2D eigenvalue weighted by molar-refractivity contribution is 7.92. The molecule has 0 radical (unpaired) electrons. The Bertz CT molecular complexity index is 1270. The van der Waals surface area contributed by atoms with E-state index >= 15 is 0 Å². The first kappa shape index (κ1) is 22.5. The van der Waals surface area contributed by atoms with Crippen LogP contribution < -0.4 is 9.46 Å². The molecule has 3 heterocycles. The van der Waals surface area contributed by atoms with Crippen molar-refractivity contribution in [2.75, 3.05) is 38.2 Å². The van der Waals surface area contributed by atoms with Gasteiger partial charge in [0.2, 0.25) is 10.0 Å². The summed E-state index contributed by atoms with van der Waals surface area (Å²) in [5.41, 5.74) is 5.77. The van der Waals surface area contributed by atoms with Gasteiger partial charge in [0.15, 0.2) is 5.65 Å². The van der Waals surface area contributed by atoms with Gasteiger partial charge in [0.1, 0.15) is 5.75 Å². The third-order valence-corrected chi connectivity index (χ3v) is 6.54. The van der Waals surface area contributed by atoms with Crippen LogP contribution in [0.2, 0.25) is 0 Å². The van der Waals surface area contributed by atoms with E-state index in [0.717, 1.165) is 66.0 Å². The van der Waals surface area contributed by atoms with Gasteiger partial charge in [-0.1, -0.05) is 6.07 Å². The van der Waals surface area contributed by atoms with Crippen molar-refractivity contribution < 1.29 is 13.2 Å². The summed E-state index contributed by atoms with van der Waals surface area (Å²) in [7, 11) is 0.311.